The van der Waals surface area contributed by atoms with Crippen molar-refractivity contribution in [1.82, 2.24) is 29.3 Å². The minimum absolute atomic E-state index is 0.303. The van der Waals surface area contributed by atoms with E-state index in [2.05, 4.69) is 20.1 Å². The summed E-state index contributed by atoms with van der Waals surface area (Å²) in [4.78, 5) is 13.2. The number of pyridine rings is 1. The van der Waals surface area contributed by atoms with Gasteiger partial charge in [-0.1, -0.05) is 6.07 Å². The number of hydrogen-bond acceptors (Lipinski definition) is 5. The molecule has 5 rings (SSSR count). The van der Waals surface area contributed by atoms with Crippen LogP contribution in [-0.2, 0) is 12.7 Å². The maximum Gasteiger partial charge on any atom is 0.416 e. The fourth-order valence-corrected chi connectivity index (χ4v) is 4.45. The third-order valence-electron chi connectivity index (χ3n) is 6.05. The largest absolute Gasteiger partial charge is 0.479 e. The van der Waals surface area contributed by atoms with Crippen molar-refractivity contribution in [1.29, 1.82) is 0 Å². The lowest BCUT2D eigenvalue weighted by atomic mass is 9.87. The van der Waals surface area contributed by atoms with Crippen LogP contribution in [0.1, 0.15) is 52.9 Å². The van der Waals surface area contributed by atoms with E-state index in [0.717, 1.165) is 29.6 Å². The molecule has 11 heteroatoms. The average molecular weight is 498 g/mol. The van der Waals surface area contributed by atoms with E-state index < -0.39 is 23.5 Å². The lowest BCUT2D eigenvalue weighted by Gasteiger charge is -2.25. The molecule has 1 atom stereocenters. The quantitative estimate of drug-likeness (QED) is 0.343. The molecule has 0 unspecified atom stereocenters. The lowest BCUT2D eigenvalue weighted by molar-refractivity contribution is -0.138. The first-order valence-corrected chi connectivity index (χ1v) is 11.3. The maximum absolute atomic E-state index is 14.7. The van der Waals surface area contributed by atoms with E-state index in [1.165, 1.54) is 7.11 Å². The van der Waals surface area contributed by atoms with Crippen LogP contribution in [0.2, 0.25) is 0 Å². The number of ether oxygens (including phenoxy) is 1. The third-order valence-corrected chi connectivity index (χ3v) is 6.05. The predicted octanol–water partition coefficient (Wildman–Crippen LogP) is 5.43. The summed E-state index contributed by atoms with van der Waals surface area (Å²) in [5.41, 5.74) is 0.785. The molecule has 0 amide bonds. The Hall–Kier alpha value is -4.02. The predicted molar refractivity (Wildman–Crippen MR) is 124 cm³/mol. The summed E-state index contributed by atoms with van der Waals surface area (Å²) in [5, 5.41) is 4.42. The number of fused-ring (bicyclic) bond motifs is 1. The highest BCUT2D eigenvalue weighted by molar-refractivity contribution is 5.65. The number of aryl methyl sites for hydroxylation is 2. The Balaban J connectivity index is 1.45. The number of hydrogen-bond donors (Lipinski definition) is 0. The molecule has 3 aromatic heterocycles. The second-order valence-electron chi connectivity index (χ2n) is 8.47. The molecule has 0 saturated heterocycles. The number of nitrogens with zero attached hydrogens (tertiary/aromatic N) is 6. The van der Waals surface area contributed by atoms with Gasteiger partial charge in [-0.15, -0.1) is 0 Å². The second-order valence-corrected chi connectivity index (χ2v) is 8.47. The average Bonchev–Trinajstić information content (AvgIpc) is 3.47. The first-order chi connectivity index (χ1) is 17.2. The second kappa shape index (κ2) is 9.21. The molecule has 4 heterocycles. The van der Waals surface area contributed by atoms with Crippen molar-refractivity contribution < 1.29 is 22.3 Å². The molecule has 7 nitrogen and oxygen atoms in total. The molecular weight excluding hydrogens is 476 g/mol. The van der Waals surface area contributed by atoms with E-state index in [1.54, 1.807) is 33.8 Å². The fourth-order valence-electron chi connectivity index (χ4n) is 4.45. The van der Waals surface area contributed by atoms with Gasteiger partial charge in [-0.05, 0) is 56.2 Å². The van der Waals surface area contributed by atoms with Crippen molar-refractivity contribution in [2.24, 2.45) is 0 Å². The normalized spacial score (nSPS) is 15.9. The number of alkyl halides is 3. The van der Waals surface area contributed by atoms with Crippen LogP contribution < -0.4 is 4.74 Å². The Kier molecular flexibility index (Phi) is 6.07. The summed E-state index contributed by atoms with van der Waals surface area (Å²) in [6, 6.07) is 6.66. The van der Waals surface area contributed by atoms with Crippen LogP contribution in [0.4, 0.5) is 17.6 Å². The number of imidazole rings is 1. The summed E-state index contributed by atoms with van der Waals surface area (Å²) >= 11 is 0. The molecule has 1 aromatic carbocycles. The summed E-state index contributed by atoms with van der Waals surface area (Å²) in [6.07, 6.45) is 3.06. The van der Waals surface area contributed by atoms with Crippen LogP contribution in [0.15, 0.2) is 42.9 Å². The SMILES string of the molecule is COc1nc(/C=C/c2nc3n(n2)CCC[C@@H]3c2c(F)cccc2C(F)(F)F)ccc1-n1cnc(C)c1. The number of rotatable bonds is 5. The third kappa shape index (κ3) is 4.48. The molecule has 1 aliphatic heterocycles. The van der Waals surface area contributed by atoms with Crippen molar-refractivity contribution in [3.63, 3.8) is 0 Å². The van der Waals surface area contributed by atoms with Crippen molar-refractivity contribution in [3.8, 4) is 11.6 Å². The zero-order valence-electron chi connectivity index (χ0n) is 19.5. The van der Waals surface area contributed by atoms with Crippen molar-refractivity contribution in [3.05, 3.63) is 82.8 Å². The van der Waals surface area contributed by atoms with Gasteiger partial charge in [0.05, 0.1) is 30.4 Å². The molecule has 0 saturated carbocycles. The Morgan fingerprint density at radius 3 is 2.67 bits per heavy atom. The van der Waals surface area contributed by atoms with E-state index in [4.69, 9.17) is 4.74 Å². The Bertz CT molecular complexity index is 1440. The molecule has 0 bridgehead atoms. The first kappa shape index (κ1) is 23.7. The summed E-state index contributed by atoms with van der Waals surface area (Å²) < 4.78 is 64.3. The van der Waals surface area contributed by atoms with Gasteiger partial charge in [-0.2, -0.15) is 18.3 Å². The van der Waals surface area contributed by atoms with Crippen molar-refractivity contribution >= 4 is 12.2 Å². The van der Waals surface area contributed by atoms with Crippen LogP contribution in [0.3, 0.4) is 0 Å². The molecule has 0 N–H and O–H groups in total. The fraction of sp³-hybridized carbons (Fsp3) is 0.280. The van der Waals surface area contributed by atoms with E-state index in [-0.39, 0.29) is 5.56 Å². The molecule has 0 fully saturated rings. The Labute approximate surface area is 204 Å². The van der Waals surface area contributed by atoms with Gasteiger partial charge >= 0.3 is 6.18 Å². The number of halogens is 4. The minimum atomic E-state index is -4.67. The molecular formula is C25H22F4N6O. The standard InChI is InChI=1S/C25H22F4N6O/c1-15-13-34(14-30-15)20-10-8-16(31-24(20)36-2)9-11-21-32-23-17(5-4-12-35(23)33-21)22-18(25(27,28)29)6-3-7-19(22)26/h3,6-11,13-14,17H,4-5,12H2,1-2H3/b11-9+/t17-/m1/s1. The minimum Gasteiger partial charge on any atom is -0.479 e. The van der Waals surface area contributed by atoms with Gasteiger partial charge in [-0.3, -0.25) is 0 Å². The monoisotopic (exact) mass is 498 g/mol. The number of aromatic nitrogens is 6. The molecule has 186 valence electrons. The maximum atomic E-state index is 14.7. The van der Waals surface area contributed by atoms with E-state index in [1.807, 2.05) is 19.2 Å². The van der Waals surface area contributed by atoms with Crippen molar-refractivity contribution in [2.45, 2.75) is 38.4 Å². The van der Waals surface area contributed by atoms with Crippen LogP contribution in [0, 0.1) is 12.7 Å². The zero-order valence-corrected chi connectivity index (χ0v) is 19.5. The summed E-state index contributed by atoms with van der Waals surface area (Å²) in [6.45, 7) is 2.37. The van der Waals surface area contributed by atoms with Crippen LogP contribution in [-0.4, -0.2) is 36.4 Å². The van der Waals surface area contributed by atoms with Crippen LogP contribution in [0.5, 0.6) is 5.88 Å². The zero-order chi connectivity index (χ0) is 25.4. The van der Waals surface area contributed by atoms with Crippen molar-refractivity contribution in [2.75, 3.05) is 7.11 Å². The molecule has 4 aromatic rings. The smallest absolute Gasteiger partial charge is 0.416 e. The van der Waals surface area contributed by atoms with E-state index >= 15 is 0 Å². The van der Waals surface area contributed by atoms with Crippen LogP contribution >= 0.6 is 0 Å². The molecule has 1 aliphatic rings. The van der Waals surface area contributed by atoms with Gasteiger partial charge in [0.25, 0.3) is 0 Å². The lowest BCUT2D eigenvalue weighted by Crippen LogP contribution is -2.22. The molecule has 0 spiro atoms. The van der Waals surface area contributed by atoms with Crippen LogP contribution in [0.25, 0.3) is 17.8 Å². The van der Waals surface area contributed by atoms with E-state index in [0.29, 0.717) is 42.6 Å². The summed E-state index contributed by atoms with van der Waals surface area (Å²) in [7, 11) is 1.52. The van der Waals surface area contributed by atoms with Gasteiger partial charge in [0.1, 0.15) is 17.3 Å². The highest BCUT2D eigenvalue weighted by Gasteiger charge is 2.39. The first-order valence-electron chi connectivity index (χ1n) is 11.3. The number of benzene rings is 1. The van der Waals surface area contributed by atoms with Gasteiger partial charge in [0.15, 0.2) is 5.82 Å². The highest BCUT2D eigenvalue weighted by Crippen LogP contribution is 2.41. The highest BCUT2D eigenvalue weighted by atomic mass is 19.4. The van der Waals surface area contributed by atoms with Gasteiger partial charge < -0.3 is 9.30 Å². The summed E-state index contributed by atoms with van der Waals surface area (Å²) in [5.74, 6) is -0.731. The molecule has 0 radical (unpaired) electrons. The van der Waals surface area contributed by atoms with Gasteiger partial charge in [0.2, 0.25) is 5.88 Å². The van der Waals surface area contributed by atoms with Gasteiger partial charge in [-0.25, -0.2) is 24.0 Å². The number of methoxy groups -OCH3 is 1. The topological polar surface area (TPSA) is 70.7 Å². The Morgan fingerprint density at radius 2 is 1.94 bits per heavy atom. The van der Waals surface area contributed by atoms with Gasteiger partial charge in [0, 0.05) is 24.2 Å². The molecule has 0 aliphatic carbocycles. The molecule has 36 heavy (non-hydrogen) atoms. The van der Waals surface area contributed by atoms with E-state index in [9.17, 15) is 17.6 Å². The Morgan fingerprint density at radius 1 is 1.11 bits per heavy atom.